The zero-order valence-electron chi connectivity index (χ0n) is 19.1. The molecule has 2 atom stereocenters. The van der Waals surface area contributed by atoms with Gasteiger partial charge in [0.1, 0.15) is 6.10 Å². The molecule has 1 fully saturated rings. The van der Waals surface area contributed by atoms with E-state index >= 15 is 0 Å². The average molecular weight is 450 g/mol. The number of carbonyl (C=O) groups excluding carboxylic acids is 2. The van der Waals surface area contributed by atoms with Gasteiger partial charge in [0, 0.05) is 43.0 Å². The molecule has 2 aliphatic rings. The van der Waals surface area contributed by atoms with Gasteiger partial charge in [-0.05, 0) is 66.3 Å². The highest BCUT2D eigenvalue weighted by Crippen LogP contribution is 2.34. The molecule has 4 rings (SSSR count). The van der Waals surface area contributed by atoms with Crippen LogP contribution in [0.15, 0.2) is 36.4 Å². The summed E-state index contributed by atoms with van der Waals surface area (Å²) in [6.45, 7) is 4.52. The van der Waals surface area contributed by atoms with E-state index < -0.39 is 6.09 Å². The first-order chi connectivity index (χ1) is 15.8. The zero-order valence-corrected chi connectivity index (χ0v) is 19.1. The van der Waals surface area contributed by atoms with Gasteiger partial charge in [-0.15, -0.1) is 0 Å². The molecule has 174 valence electrons. The number of hydrogen-bond donors (Lipinski definition) is 4. The number of hydrogen-bond acceptors (Lipinski definition) is 6. The van der Waals surface area contributed by atoms with E-state index in [2.05, 4.69) is 28.8 Å². The molecule has 8 heteroatoms. The molecule has 33 heavy (non-hydrogen) atoms. The second-order valence-electron chi connectivity index (χ2n) is 8.82. The molecule has 0 bridgehead atoms. The third-order valence-corrected chi connectivity index (χ3v) is 6.25. The number of nitrogens with two attached hydrogens (primary N) is 1. The number of ether oxygens (including phenoxy) is 1. The number of benzene rings is 2. The summed E-state index contributed by atoms with van der Waals surface area (Å²) in [5.41, 5.74) is 12.7. The van der Waals surface area contributed by atoms with Crippen molar-refractivity contribution >= 4 is 29.1 Å². The Morgan fingerprint density at radius 2 is 2.12 bits per heavy atom. The summed E-state index contributed by atoms with van der Waals surface area (Å²) < 4.78 is 5.38. The standard InChI is InChI=1S/C25H31N5O3/c1-15-9-21(30-14-22(33-25(30)32)13-28-16(2)31)6-7-23(15)17-4-8-24-18(10-17)3-5-20(29-24)11-19(27)12-26/h4,6-10,20,22,27,29H,3,5,11-14,26H2,1-2H3,(H,28,31). The summed E-state index contributed by atoms with van der Waals surface area (Å²) in [6, 6.07) is 12.7. The number of cyclic esters (lactones) is 1. The predicted octanol–water partition coefficient (Wildman–Crippen LogP) is 3.22. The van der Waals surface area contributed by atoms with Gasteiger partial charge >= 0.3 is 6.09 Å². The highest BCUT2D eigenvalue weighted by molar-refractivity contribution is 5.90. The third kappa shape index (κ3) is 5.17. The van der Waals surface area contributed by atoms with Crippen molar-refractivity contribution in [1.29, 1.82) is 5.41 Å². The van der Waals surface area contributed by atoms with E-state index in [1.807, 2.05) is 25.1 Å². The van der Waals surface area contributed by atoms with E-state index in [0.29, 0.717) is 31.8 Å². The van der Waals surface area contributed by atoms with Crippen LogP contribution in [0.2, 0.25) is 0 Å². The number of carbonyl (C=O) groups is 2. The Morgan fingerprint density at radius 1 is 1.30 bits per heavy atom. The molecule has 0 spiro atoms. The number of rotatable bonds is 7. The van der Waals surface area contributed by atoms with E-state index in [-0.39, 0.29) is 18.1 Å². The summed E-state index contributed by atoms with van der Waals surface area (Å²) in [4.78, 5) is 25.1. The number of nitrogens with one attached hydrogen (secondary N) is 3. The molecule has 2 aromatic rings. The highest BCUT2D eigenvalue weighted by atomic mass is 16.6. The Morgan fingerprint density at radius 3 is 2.85 bits per heavy atom. The molecule has 2 heterocycles. The lowest BCUT2D eigenvalue weighted by Gasteiger charge is -2.28. The van der Waals surface area contributed by atoms with Crippen LogP contribution in [0.25, 0.3) is 11.1 Å². The maximum atomic E-state index is 12.3. The molecule has 8 nitrogen and oxygen atoms in total. The van der Waals surface area contributed by atoms with Crippen LogP contribution in [0.5, 0.6) is 0 Å². The van der Waals surface area contributed by atoms with Gasteiger partial charge in [0.25, 0.3) is 0 Å². The fourth-order valence-corrected chi connectivity index (χ4v) is 4.50. The fraction of sp³-hybridized carbons (Fsp3) is 0.400. The lowest BCUT2D eigenvalue weighted by molar-refractivity contribution is -0.119. The summed E-state index contributed by atoms with van der Waals surface area (Å²) in [5.74, 6) is -0.143. The van der Waals surface area contributed by atoms with Gasteiger partial charge in [0.15, 0.2) is 0 Å². The van der Waals surface area contributed by atoms with Gasteiger partial charge < -0.3 is 26.5 Å². The number of aryl methyl sites for hydroxylation is 2. The number of anilines is 2. The normalized spacial score (nSPS) is 19.5. The quantitative estimate of drug-likeness (QED) is 0.484. The van der Waals surface area contributed by atoms with Crippen LogP contribution < -0.4 is 21.3 Å². The van der Waals surface area contributed by atoms with Crippen molar-refractivity contribution in [2.45, 2.75) is 45.3 Å². The van der Waals surface area contributed by atoms with E-state index in [4.69, 9.17) is 15.9 Å². The number of nitrogens with zero attached hydrogens (tertiary/aromatic N) is 1. The van der Waals surface area contributed by atoms with Crippen molar-refractivity contribution in [2.24, 2.45) is 5.73 Å². The lowest BCUT2D eigenvalue weighted by Crippen LogP contribution is -2.33. The molecule has 1 saturated heterocycles. The minimum atomic E-state index is -0.394. The van der Waals surface area contributed by atoms with Gasteiger partial charge in [-0.2, -0.15) is 0 Å². The largest absolute Gasteiger partial charge is 0.442 e. The average Bonchev–Trinajstić information content (AvgIpc) is 3.17. The Hall–Kier alpha value is -3.39. The molecular formula is C25H31N5O3. The van der Waals surface area contributed by atoms with Crippen LogP contribution in [-0.2, 0) is 16.0 Å². The van der Waals surface area contributed by atoms with Crippen LogP contribution in [0.1, 0.15) is 30.9 Å². The molecule has 0 aromatic heterocycles. The summed E-state index contributed by atoms with van der Waals surface area (Å²) in [6.07, 6.45) is 1.88. The van der Waals surface area contributed by atoms with E-state index in [0.717, 1.165) is 40.9 Å². The minimum absolute atomic E-state index is 0.143. The van der Waals surface area contributed by atoms with Gasteiger partial charge in [0.2, 0.25) is 5.91 Å². The Bertz CT molecular complexity index is 1080. The Kier molecular flexibility index (Phi) is 6.65. The molecule has 0 radical (unpaired) electrons. The predicted molar refractivity (Wildman–Crippen MR) is 130 cm³/mol. The van der Waals surface area contributed by atoms with Gasteiger partial charge in [-0.1, -0.05) is 12.1 Å². The van der Waals surface area contributed by atoms with Crippen molar-refractivity contribution in [1.82, 2.24) is 5.32 Å². The van der Waals surface area contributed by atoms with Crippen LogP contribution in [-0.4, -0.2) is 49.5 Å². The van der Waals surface area contributed by atoms with E-state index in [1.54, 1.807) is 4.90 Å². The third-order valence-electron chi connectivity index (χ3n) is 6.25. The second kappa shape index (κ2) is 9.62. The van der Waals surface area contributed by atoms with E-state index in [1.165, 1.54) is 12.5 Å². The Labute approximate surface area is 194 Å². The summed E-state index contributed by atoms with van der Waals surface area (Å²) in [5, 5.41) is 14.1. The number of fused-ring (bicyclic) bond motifs is 1. The Balaban J connectivity index is 1.47. The monoisotopic (exact) mass is 449 g/mol. The smallest absolute Gasteiger partial charge is 0.414 e. The van der Waals surface area contributed by atoms with Crippen molar-refractivity contribution in [3.8, 4) is 11.1 Å². The molecular weight excluding hydrogens is 418 g/mol. The first-order valence-corrected chi connectivity index (χ1v) is 11.3. The molecule has 2 unspecified atom stereocenters. The first kappa shape index (κ1) is 22.8. The van der Waals surface area contributed by atoms with Crippen molar-refractivity contribution in [3.63, 3.8) is 0 Å². The SMILES string of the molecule is CC(=O)NCC1CN(c2ccc(-c3ccc4c(c3)CCC(CC(=N)CN)N4)c(C)c2)C(=O)O1. The first-order valence-electron chi connectivity index (χ1n) is 11.3. The number of amides is 2. The molecule has 5 N–H and O–H groups in total. The summed E-state index contributed by atoms with van der Waals surface area (Å²) >= 11 is 0. The van der Waals surface area contributed by atoms with E-state index in [9.17, 15) is 9.59 Å². The van der Waals surface area contributed by atoms with Crippen LogP contribution in [0, 0.1) is 12.3 Å². The van der Waals surface area contributed by atoms with Crippen molar-refractivity contribution in [3.05, 3.63) is 47.5 Å². The molecule has 2 aromatic carbocycles. The van der Waals surface area contributed by atoms with Crippen LogP contribution in [0.3, 0.4) is 0 Å². The topological polar surface area (TPSA) is 121 Å². The molecule has 2 aliphatic heterocycles. The molecule has 2 amide bonds. The molecule has 0 aliphatic carbocycles. The van der Waals surface area contributed by atoms with Gasteiger partial charge in [-0.3, -0.25) is 9.69 Å². The van der Waals surface area contributed by atoms with Crippen molar-refractivity contribution in [2.75, 3.05) is 29.9 Å². The van der Waals surface area contributed by atoms with Crippen LogP contribution >= 0.6 is 0 Å². The fourth-order valence-electron chi connectivity index (χ4n) is 4.50. The van der Waals surface area contributed by atoms with Gasteiger partial charge in [-0.25, -0.2) is 4.79 Å². The molecule has 0 saturated carbocycles. The highest BCUT2D eigenvalue weighted by Gasteiger charge is 2.32. The minimum Gasteiger partial charge on any atom is -0.442 e. The van der Waals surface area contributed by atoms with Gasteiger partial charge in [0.05, 0.1) is 13.1 Å². The zero-order chi connectivity index (χ0) is 23.5. The second-order valence-corrected chi connectivity index (χ2v) is 8.82. The lowest BCUT2D eigenvalue weighted by atomic mass is 9.91. The van der Waals surface area contributed by atoms with Crippen LogP contribution in [0.4, 0.5) is 16.2 Å². The maximum Gasteiger partial charge on any atom is 0.414 e. The van der Waals surface area contributed by atoms with Crippen molar-refractivity contribution < 1.29 is 14.3 Å². The summed E-state index contributed by atoms with van der Waals surface area (Å²) in [7, 11) is 0. The maximum absolute atomic E-state index is 12.3.